The zero-order valence-corrected chi connectivity index (χ0v) is 9.81. The van der Waals surface area contributed by atoms with E-state index in [4.69, 9.17) is 0 Å². The number of hydrogen-bond acceptors (Lipinski definition) is 3. The van der Waals surface area contributed by atoms with Crippen LogP contribution < -0.4 is 0 Å². The number of hydrogen-bond donors (Lipinski definition) is 0. The molecule has 1 aromatic carbocycles. The summed E-state index contributed by atoms with van der Waals surface area (Å²) in [4.78, 5) is 15.4. The van der Waals surface area contributed by atoms with Crippen LogP contribution >= 0.6 is 0 Å². The Bertz CT molecular complexity index is 588. The Hall–Kier alpha value is -2.16. The lowest BCUT2D eigenvalue weighted by Gasteiger charge is -2.05. The van der Waals surface area contributed by atoms with Crippen LogP contribution in [0.4, 0.5) is 0 Å². The molecule has 0 saturated carbocycles. The molecular weight excluding hydrogens is 214 g/mol. The summed E-state index contributed by atoms with van der Waals surface area (Å²) < 4.78 is 4.58. The van der Waals surface area contributed by atoms with Gasteiger partial charge in [-0.15, -0.1) is 0 Å². The number of nitrogens with zero attached hydrogens (tertiary/aromatic N) is 1. The molecular formula is C14H13NO2. The molecule has 17 heavy (non-hydrogen) atoms. The van der Waals surface area contributed by atoms with Crippen molar-refractivity contribution in [2.24, 2.45) is 0 Å². The van der Waals surface area contributed by atoms with Crippen LogP contribution in [0.15, 0.2) is 36.5 Å². The standard InChI is InChI=1S/C14H13NO2/c1-10-9-15-13-6-4-3-5-12(13)11(10)7-8-14(16)17-2/h3-9H,1-2H3/b8-7+. The number of aryl methyl sites for hydroxylation is 1. The summed E-state index contributed by atoms with van der Waals surface area (Å²) in [6.45, 7) is 1.97. The Morgan fingerprint density at radius 3 is 2.88 bits per heavy atom. The minimum Gasteiger partial charge on any atom is -0.466 e. The maximum Gasteiger partial charge on any atom is 0.330 e. The first-order valence-corrected chi connectivity index (χ1v) is 5.33. The topological polar surface area (TPSA) is 39.2 Å². The molecule has 0 amide bonds. The van der Waals surface area contributed by atoms with Crippen molar-refractivity contribution >= 4 is 22.9 Å². The second kappa shape index (κ2) is 4.78. The van der Waals surface area contributed by atoms with E-state index in [0.29, 0.717) is 0 Å². The van der Waals surface area contributed by atoms with Gasteiger partial charge < -0.3 is 4.74 Å². The van der Waals surface area contributed by atoms with Gasteiger partial charge in [0.15, 0.2) is 0 Å². The summed E-state index contributed by atoms with van der Waals surface area (Å²) in [7, 11) is 1.37. The van der Waals surface area contributed by atoms with Crippen molar-refractivity contribution in [3.63, 3.8) is 0 Å². The van der Waals surface area contributed by atoms with Crippen LogP contribution in [0.25, 0.3) is 17.0 Å². The molecule has 0 aliphatic carbocycles. The van der Waals surface area contributed by atoms with Crippen molar-refractivity contribution in [1.82, 2.24) is 4.98 Å². The van der Waals surface area contributed by atoms with E-state index in [1.54, 1.807) is 12.3 Å². The molecule has 0 bridgehead atoms. The average molecular weight is 227 g/mol. The number of esters is 1. The van der Waals surface area contributed by atoms with E-state index in [1.165, 1.54) is 13.2 Å². The van der Waals surface area contributed by atoms with Gasteiger partial charge in [-0.3, -0.25) is 4.98 Å². The molecule has 0 radical (unpaired) electrons. The zero-order valence-electron chi connectivity index (χ0n) is 9.81. The number of methoxy groups -OCH3 is 1. The maximum atomic E-state index is 11.1. The van der Waals surface area contributed by atoms with E-state index < -0.39 is 0 Å². The normalized spacial score (nSPS) is 10.9. The quantitative estimate of drug-likeness (QED) is 0.585. The summed E-state index contributed by atoms with van der Waals surface area (Å²) in [5, 5.41) is 1.03. The van der Waals surface area contributed by atoms with Gasteiger partial charge in [0.1, 0.15) is 0 Å². The lowest BCUT2D eigenvalue weighted by molar-refractivity contribution is -0.134. The van der Waals surface area contributed by atoms with Crippen LogP contribution in [0.1, 0.15) is 11.1 Å². The fourth-order valence-electron chi connectivity index (χ4n) is 1.70. The van der Waals surface area contributed by atoms with Gasteiger partial charge in [0.2, 0.25) is 0 Å². The van der Waals surface area contributed by atoms with E-state index in [-0.39, 0.29) is 5.97 Å². The molecule has 3 nitrogen and oxygen atoms in total. The van der Waals surface area contributed by atoms with Gasteiger partial charge in [-0.25, -0.2) is 4.79 Å². The third-order valence-electron chi connectivity index (χ3n) is 2.60. The molecule has 2 rings (SSSR count). The third-order valence-corrected chi connectivity index (χ3v) is 2.60. The van der Waals surface area contributed by atoms with Gasteiger partial charge in [0, 0.05) is 17.7 Å². The Morgan fingerprint density at radius 2 is 2.12 bits per heavy atom. The summed E-state index contributed by atoms with van der Waals surface area (Å²) in [5.41, 5.74) is 2.95. The highest BCUT2D eigenvalue weighted by Gasteiger charge is 2.03. The first-order chi connectivity index (χ1) is 8.22. The van der Waals surface area contributed by atoms with Crippen LogP contribution in [-0.2, 0) is 9.53 Å². The van der Waals surface area contributed by atoms with Crippen molar-refractivity contribution < 1.29 is 9.53 Å². The number of para-hydroxylation sites is 1. The maximum absolute atomic E-state index is 11.1. The molecule has 0 aliphatic heterocycles. The van der Waals surface area contributed by atoms with Gasteiger partial charge in [-0.05, 0) is 30.2 Å². The molecule has 0 unspecified atom stereocenters. The lowest BCUT2D eigenvalue weighted by atomic mass is 10.0. The predicted octanol–water partition coefficient (Wildman–Crippen LogP) is 2.73. The minimum absolute atomic E-state index is 0.356. The molecule has 0 N–H and O–H groups in total. The molecule has 0 saturated heterocycles. The predicted molar refractivity (Wildman–Crippen MR) is 67.5 cm³/mol. The molecule has 1 heterocycles. The van der Waals surface area contributed by atoms with Gasteiger partial charge in [0.05, 0.1) is 12.6 Å². The highest BCUT2D eigenvalue weighted by molar-refractivity contribution is 5.94. The van der Waals surface area contributed by atoms with E-state index in [1.807, 2.05) is 31.2 Å². The van der Waals surface area contributed by atoms with Crippen molar-refractivity contribution in [2.75, 3.05) is 7.11 Å². The van der Waals surface area contributed by atoms with Crippen molar-refractivity contribution in [3.05, 3.63) is 47.7 Å². The summed E-state index contributed by atoms with van der Waals surface area (Å²) in [6, 6.07) is 7.84. The largest absolute Gasteiger partial charge is 0.466 e. The molecule has 86 valence electrons. The number of ether oxygens (including phenoxy) is 1. The van der Waals surface area contributed by atoms with Gasteiger partial charge >= 0.3 is 5.97 Å². The smallest absolute Gasteiger partial charge is 0.330 e. The van der Waals surface area contributed by atoms with Crippen LogP contribution in [0, 0.1) is 6.92 Å². The highest BCUT2D eigenvalue weighted by Crippen LogP contribution is 2.21. The number of fused-ring (bicyclic) bond motifs is 1. The molecule has 0 aliphatic rings. The molecule has 0 atom stereocenters. The Kier molecular flexibility index (Phi) is 3.19. The number of pyridine rings is 1. The SMILES string of the molecule is COC(=O)/C=C/c1c(C)cnc2ccccc12. The third kappa shape index (κ3) is 2.33. The Morgan fingerprint density at radius 1 is 1.35 bits per heavy atom. The monoisotopic (exact) mass is 227 g/mol. The van der Waals surface area contributed by atoms with Gasteiger partial charge in [-0.2, -0.15) is 0 Å². The lowest BCUT2D eigenvalue weighted by Crippen LogP contribution is -1.94. The summed E-state index contributed by atoms with van der Waals surface area (Å²) in [5.74, 6) is -0.356. The molecule has 3 heteroatoms. The molecule has 1 aromatic heterocycles. The molecule has 0 fully saturated rings. The number of rotatable bonds is 2. The van der Waals surface area contributed by atoms with Crippen LogP contribution in [0.5, 0.6) is 0 Å². The molecule has 0 spiro atoms. The second-order valence-electron chi connectivity index (χ2n) is 3.73. The van der Waals surface area contributed by atoms with Crippen LogP contribution in [0.3, 0.4) is 0 Å². The zero-order chi connectivity index (χ0) is 12.3. The van der Waals surface area contributed by atoms with Crippen molar-refractivity contribution in [1.29, 1.82) is 0 Å². The first-order valence-electron chi connectivity index (χ1n) is 5.33. The fraction of sp³-hybridized carbons (Fsp3) is 0.143. The van der Waals surface area contributed by atoms with Crippen LogP contribution in [0.2, 0.25) is 0 Å². The summed E-state index contributed by atoms with van der Waals surface area (Å²) in [6.07, 6.45) is 5.00. The Balaban J connectivity index is 2.55. The minimum atomic E-state index is -0.356. The molecule has 2 aromatic rings. The first kappa shape index (κ1) is 11.3. The number of carbonyl (C=O) groups excluding carboxylic acids is 1. The summed E-state index contributed by atoms with van der Waals surface area (Å²) >= 11 is 0. The van der Waals surface area contributed by atoms with E-state index in [9.17, 15) is 4.79 Å². The highest BCUT2D eigenvalue weighted by atomic mass is 16.5. The van der Waals surface area contributed by atoms with Crippen molar-refractivity contribution in [3.8, 4) is 0 Å². The van der Waals surface area contributed by atoms with E-state index >= 15 is 0 Å². The second-order valence-corrected chi connectivity index (χ2v) is 3.73. The van der Waals surface area contributed by atoms with Crippen molar-refractivity contribution in [2.45, 2.75) is 6.92 Å². The number of benzene rings is 1. The van der Waals surface area contributed by atoms with Gasteiger partial charge in [0.25, 0.3) is 0 Å². The average Bonchev–Trinajstić information content (AvgIpc) is 2.37. The fourth-order valence-corrected chi connectivity index (χ4v) is 1.70. The Labute approximate surface area is 99.7 Å². The van der Waals surface area contributed by atoms with Gasteiger partial charge in [-0.1, -0.05) is 18.2 Å². The van der Waals surface area contributed by atoms with E-state index in [2.05, 4.69) is 9.72 Å². The van der Waals surface area contributed by atoms with Crippen LogP contribution in [-0.4, -0.2) is 18.1 Å². The van der Waals surface area contributed by atoms with E-state index in [0.717, 1.165) is 22.0 Å². The number of aromatic nitrogens is 1. The number of carbonyl (C=O) groups is 1.